The van der Waals surface area contributed by atoms with Crippen molar-refractivity contribution in [2.45, 2.75) is 25.8 Å². The number of hydrogen-bond acceptors (Lipinski definition) is 6. The zero-order valence-corrected chi connectivity index (χ0v) is 16.7. The molecule has 2 N–H and O–H groups in total. The van der Waals surface area contributed by atoms with Gasteiger partial charge in [0.2, 0.25) is 0 Å². The Bertz CT molecular complexity index is 1030. The molecule has 0 saturated heterocycles. The van der Waals surface area contributed by atoms with Gasteiger partial charge in [-0.3, -0.25) is 5.10 Å². The lowest BCUT2D eigenvalue weighted by Gasteiger charge is -2.16. The Morgan fingerprint density at radius 3 is 2.33 bits per heavy atom. The molecule has 0 fully saturated rings. The molecular formula is C22H22N4O4. The fraction of sp³-hybridized carbons (Fsp3) is 0.273. The van der Waals surface area contributed by atoms with E-state index in [4.69, 9.17) is 9.47 Å². The molecule has 154 valence electrons. The van der Waals surface area contributed by atoms with Gasteiger partial charge in [-0.05, 0) is 36.1 Å². The fourth-order valence-corrected chi connectivity index (χ4v) is 3.64. The van der Waals surface area contributed by atoms with Crippen molar-refractivity contribution in [1.82, 2.24) is 20.5 Å². The number of hydrogen-bond donors (Lipinski definition) is 2. The van der Waals surface area contributed by atoms with E-state index in [1.807, 2.05) is 24.3 Å². The highest BCUT2D eigenvalue weighted by Gasteiger charge is 2.29. The maximum atomic E-state index is 12.4. The minimum atomic E-state index is -0.617. The molecule has 4 rings (SSSR count). The summed E-state index contributed by atoms with van der Waals surface area (Å²) in [4.78, 5) is 28.1. The van der Waals surface area contributed by atoms with E-state index in [2.05, 4.69) is 44.8 Å². The van der Waals surface area contributed by atoms with E-state index >= 15 is 0 Å². The summed E-state index contributed by atoms with van der Waals surface area (Å²) in [7, 11) is 0. The molecule has 0 saturated carbocycles. The van der Waals surface area contributed by atoms with Crippen molar-refractivity contribution in [1.29, 1.82) is 0 Å². The van der Waals surface area contributed by atoms with Crippen LogP contribution in [0.1, 0.15) is 53.4 Å². The lowest BCUT2D eigenvalue weighted by molar-refractivity contribution is 0.0512. The van der Waals surface area contributed by atoms with Gasteiger partial charge >= 0.3 is 12.1 Å². The molecule has 1 aliphatic rings. The summed E-state index contributed by atoms with van der Waals surface area (Å²) in [6.45, 7) is 3.87. The number of ether oxygens (including phenoxy) is 2. The van der Waals surface area contributed by atoms with E-state index in [0.717, 1.165) is 11.1 Å². The van der Waals surface area contributed by atoms with Crippen LogP contribution in [0.25, 0.3) is 11.1 Å². The zero-order valence-electron chi connectivity index (χ0n) is 16.7. The van der Waals surface area contributed by atoms with E-state index in [9.17, 15) is 9.59 Å². The van der Waals surface area contributed by atoms with Gasteiger partial charge in [-0.2, -0.15) is 0 Å². The van der Waals surface area contributed by atoms with Crippen LogP contribution < -0.4 is 5.32 Å². The number of esters is 1. The molecule has 1 aromatic heterocycles. The van der Waals surface area contributed by atoms with Crippen molar-refractivity contribution < 1.29 is 19.1 Å². The number of amides is 1. The summed E-state index contributed by atoms with van der Waals surface area (Å²) >= 11 is 0. The predicted molar refractivity (Wildman–Crippen MR) is 109 cm³/mol. The molecule has 0 aliphatic heterocycles. The van der Waals surface area contributed by atoms with Gasteiger partial charge in [-0.1, -0.05) is 48.5 Å². The first-order chi connectivity index (χ1) is 14.6. The van der Waals surface area contributed by atoms with Crippen LogP contribution in [0, 0.1) is 0 Å². The zero-order chi connectivity index (χ0) is 21.1. The molecule has 1 atom stereocenters. The molecule has 8 heteroatoms. The van der Waals surface area contributed by atoms with Gasteiger partial charge in [0.25, 0.3) is 5.82 Å². The van der Waals surface area contributed by atoms with Crippen LogP contribution in [0.4, 0.5) is 4.79 Å². The first-order valence-electron chi connectivity index (χ1n) is 9.79. The molecule has 0 bridgehead atoms. The van der Waals surface area contributed by atoms with Gasteiger partial charge in [-0.25, -0.2) is 14.6 Å². The van der Waals surface area contributed by atoms with Gasteiger partial charge in [0.15, 0.2) is 0 Å². The van der Waals surface area contributed by atoms with Crippen molar-refractivity contribution in [3.8, 4) is 11.1 Å². The maximum Gasteiger partial charge on any atom is 0.407 e. The number of aromatic nitrogens is 3. The first kappa shape index (κ1) is 19.6. The SMILES string of the molecule is CCOC(=O)c1n[nH]c(C(C)NC(=O)OCC2c3ccccc3-c3ccccc32)n1. The third kappa shape index (κ3) is 3.76. The van der Waals surface area contributed by atoms with Crippen molar-refractivity contribution in [3.05, 3.63) is 71.3 Å². The normalized spacial score (nSPS) is 13.3. The largest absolute Gasteiger partial charge is 0.460 e. The number of fused-ring (bicyclic) bond motifs is 3. The van der Waals surface area contributed by atoms with Gasteiger partial charge in [0, 0.05) is 5.92 Å². The predicted octanol–water partition coefficient (Wildman–Crippen LogP) is 3.58. The summed E-state index contributed by atoms with van der Waals surface area (Å²) < 4.78 is 10.4. The second kappa shape index (κ2) is 8.36. The highest BCUT2D eigenvalue weighted by atomic mass is 16.5. The second-order valence-electron chi connectivity index (χ2n) is 6.96. The van der Waals surface area contributed by atoms with E-state index in [-0.39, 0.29) is 25.0 Å². The van der Waals surface area contributed by atoms with Crippen LogP contribution in [0.15, 0.2) is 48.5 Å². The molecule has 0 spiro atoms. The van der Waals surface area contributed by atoms with Crippen molar-refractivity contribution >= 4 is 12.1 Å². The van der Waals surface area contributed by atoms with Crippen molar-refractivity contribution in [3.63, 3.8) is 0 Å². The smallest absolute Gasteiger partial charge is 0.407 e. The van der Waals surface area contributed by atoms with Crippen LogP contribution in [0.2, 0.25) is 0 Å². The number of nitrogens with one attached hydrogen (secondary N) is 2. The molecule has 8 nitrogen and oxygen atoms in total. The molecule has 1 unspecified atom stereocenters. The average molecular weight is 406 g/mol. The molecule has 0 radical (unpaired) electrons. The number of H-pyrrole nitrogens is 1. The number of carbonyl (C=O) groups excluding carboxylic acids is 2. The number of benzene rings is 2. The lowest BCUT2D eigenvalue weighted by Crippen LogP contribution is -2.29. The van der Waals surface area contributed by atoms with Gasteiger partial charge in [-0.15, -0.1) is 5.10 Å². The van der Waals surface area contributed by atoms with Crippen LogP contribution in [-0.2, 0) is 9.47 Å². The number of carbonyl (C=O) groups is 2. The summed E-state index contributed by atoms with van der Waals surface area (Å²) in [6, 6.07) is 15.8. The Hall–Kier alpha value is -3.68. The number of aromatic amines is 1. The fourth-order valence-electron chi connectivity index (χ4n) is 3.64. The van der Waals surface area contributed by atoms with Crippen LogP contribution in [-0.4, -0.2) is 40.5 Å². The van der Waals surface area contributed by atoms with Crippen LogP contribution in [0.3, 0.4) is 0 Å². The average Bonchev–Trinajstić information content (AvgIpc) is 3.36. The van der Waals surface area contributed by atoms with Crippen LogP contribution in [0.5, 0.6) is 0 Å². The quantitative estimate of drug-likeness (QED) is 0.606. The Kier molecular flexibility index (Phi) is 5.47. The third-order valence-corrected chi connectivity index (χ3v) is 5.05. The molecule has 1 aliphatic carbocycles. The minimum Gasteiger partial charge on any atom is -0.460 e. The summed E-state index contributed by atoms with van der Waals surface area (Å²) in [5, 5.41) is 9.17. The number of alkyl carbamates (subject to hydrolysis) is 1. The van der Waals surface area contributed by atoms with Gasteiger partial charge in [0.05, 0.1) is 12.6 Å². The summed E-state index contributed by atoms with van der Waals surface area (Å²) in [6.07, 6.45) is -0.571. The monoisotopic (exact) mass is 406 g/mol. The van der Waals surface area contributed by atoms with Crippen LogP contribution >= 0.6 is 0 Å². The summed E-state index contributed by atoms with van der Waals surface area (Å²) in [5.41, 5.74) is 4.63. The van der Waals surface area contributed by atoms with E-state index in [1.54, 1.807) is 13.8 Å². The molecular weight excluding hydrogens is 384 g/mol. The highest BCUT2D eigenvalue weighted by Crippen LogP contribution is 2.44. The number of rotatable bonds is 6. The first-order valence-corrected chi connectivity index (χ1v) is 9.79. The maximum absolute atomic E-state index is 12.4. The summed E-state index contributed by atoms with van der Waals surface area (Å²) in [5.74, 6) is -0.368. The standard InChI is InChI=1S/C22H22N4O4/c1-3-29-21(27)20-24-19(25-26-20)13(2)23-22(28)30-12-18-16-10-6-4-8-14(16)15-9-5-7-11-17(15)18/h4-11,13,18H,3,12H2,1-2H3,(H,23,28)(H,24,25,26). The molecule has 2 aromatic carbocycles. The Labute approximate surface area is 173 Å². The van der Waals surface area contributed by atoms with E-state index < -0.39 is 18.1 Å². The Morgan fingerprint density at radius 1 is 1.07 bits per heavy atom. The lowest BCUT2D eigenvalue weighted by atomic mass is 9.98. The minimum absolute atomic E-state index is 0.0147. The second-order valence-corrected chi connectivity index (χ2v) is 6.96. The Balaban J connectivity index is 1.39. The third-order valence-electron chi connectivity index (χ3n) is 5.05. The molecule has 3 aromatic rings. The van der Waals surface area contributed by atoms with E-state index in [1.165, 1.54) is 11.1 Å². The molecule has 1 amide bonds. The molecule has 1 heterocycles. The molecule has 30 heavy (non-hydrogen) atoms. The van der Waals surface area contributed by atoms with E-state index in [0.29, 0.717) is 5.82 Å². The Morgan fingerprint density at radius 2 is 1.70 bits per heavy atom. The highest BCUT2D eigenvalue weighted by molar-refractivity contribution is 5.85. The topological polar surface area (TPSA) is 106 Å². The van der Waals surface area contributed by atoms with Crippen molar-refractivity contribution in [2.75, 3.05) is 13.2 Å². The van der Waals surface area contributed by atoms with Crippen molar-refractivity contribution in [2.24, 2.45) is 0 Å². The van der Waals surface area contributed by atoms with Gasteiger partial charge < -0.3 is 14.8 Å². The van der Waals surface area contributed by atoms with Gasteiger partial charge in [0.1, 0.15) is 12.4 Å². The number of nitrogens with zero attached hydrogens (tertiary/aromatic N) is 2.